The fourth-order valence-electron chi connectivity index (χ4n) is 0.611. The largest absolute Gasteiger partial charge is 0.388 e. The average Bonchev–Trinajstić information content (AvgIpc) is 2.02. The van der Waals surface area contributed by atoms with Crippen LogP contribution in [0.1, 0.15) is 6.92 Å². The molecule has 0 fully saturated rings. The van der Waals surface area contributed by atoms with Crippen LogP contribution in [0.5, 0.6) is 0 Å². The van der Waals surface area contributed by atoms with E-state index < -0.39 is 0 Å². The van der Waals surface area contributed by atoms with E-state index in [0.717, 1.165) is 17.7 Å². The summed E-state index contributed by atoms with van der Waals surface area (Å²) in [5.41, 5.74) is 1.76. The van der Waals surface area contributed by atoms with Crippen LogP contribution in [0.3, 0.4) is 0 Å². The third-order valence-corrected chi connectivity index (χ3v) is 1.34. The lowest BCUT2D eigenvalue weighted by molar-refractivity contribution is -0.115. The van der Waals surface area contributed by atoms with E-state index in [1.54, 1.807) is 20.3 Å². The topological polar surface area (TPSA) is 32.3 Å². The molecule has 0 unspecified atom stereocenters. The molecular weight excluding hydrogens is 140 g/mol. The normalized spacial score (nSPS) is 10.6. The van der Waals surface area contributed by atoms with Crippen molar-refractivity contribution < 1.29 is 4.79 Å². The van der Waals surface area contributed by atoms with Crippen LogP contribution in [-0.2, 0) is 4.79 Å². The van der Waals surface area contributed by atoms with E-state index in [-0.39, 0.29) is 0 Å². The number of hydrogen-bond donors (Lipinski definition) is 1. The summed E-state index contributed by atoms with van der Waals surface area (Å²) in [5.74, 6) is 0. The Morgan fingerprint density at radius 3 is 2.55 bits per heavy atom. The van der Waals surface area contributed by atoms with Crippen LogP contribution < -0.4 is 5.32 Å². The third kappa shape index (κ3) is 3.45. The summed E-state index contributed by atoms with van der Waals surface area (Å²) in [5, 5.41) is 2.89. The average molecular weight is 154 g/mol. The Hall–Kier alpha value is -1.25. The van der Waals surface area contributed by atoms with Crippen LogP contribution in [0.4, 0.5) is 0 Å². The van der Waals surface area contributed by atoms with Gasteiger partial charge in [0, 0.05) is 26.0 Å². The number of hydrogen-bond acceptors (Lipinski definition) is 2. The summed E-state index contributed by atoms with van der Waals surface area (Å²) in [7, 11) is 3.47. The summed E-state index contributed by atoms with van der Waals surface area (Å²) >= 11 is 0. The predicted octanol–water partition coefficient (Wildman–Crippen LogP) is 0.712. The van der Waals surface area contributed by atoms with Gasteiger partial charge >= 0.3 is 0 Å². The second-order valence-electron chi connectivity index (χ2n) is 2.31. The molecule has 0 aromatic rings. The van der Waals surface area contributed by atoms with Crippen molar-refractivity contribution in [1.82, 2.24) is 10.2 Å². The molecule has 0 radical (unpaired) electrons. The number of allylic oxidation sites excluding steroid dienone is 1. The Balaban J connectivity index is 4.20. The number of carbonyl (C=O) groups is 1. The Kier molecular flexibility index (Phi) is 4.03. The highest BCUT2D eigenvalue weighted by molar-refractivity contribution is 5.49. The molecule has 0 heterocycles. The molecule has 62 valence electrons. The molecule has 3 nitrogen and oxygen atoms in total. The van der Waals surface area contributed by atoms with Gasteiger partial charge in [-0.15, -0.1) is 0 Å². The van der Waals surface area contributed by atoms with Crippen LogP contribution >= 0.6 is 0 Å². The van der Waals surface area contributed by atoms with Crippen LogP contribution in [0.25, 0.3) is 0 Å². The van der Waals surface area contributed by atoms with Crippen molar-refractivity contribution in [1.29, 1.82) is 0 Å². The third-order valence-electron chi connectivity index (χ3n) is 1.34. The first-order valence-corrected chi connectivity index (χ1v) is 3.34. The van der Waals surface area contributed by atoms with Gasteiger partial charge in [-0.05, 0) is 12.5 Å². The summed E-state index contributed by atoms with van der Waals surface area (Å²) in [4.78, 5) is 11.6. The van der Waals surface area contributed by atoms with Gasteiger partial charge in [-0.1, -0.05) is 6.58 Å². The lowest BCUT2D eigenvalue weighted by Gasteiger charge is -2.08. The molecule has 0 aromatic carbocycles. The van der Waals surface area contributed by atoms with Gasteiger partial charge in [-0.2, -0.15) is 0 Å². The van der Waals surface area contributed by atoms with Gasteiger partial charge in [0.1, 0.15) is 0 Å². The van der Waals surface area contributed by atoms with Gasteiger partial charge < -0.3 is 10.2 Å². The Morgan fingerprint density at radius 1 is 1.64 bits per heavy atom. The fraction of sp³-hybridized carbons (Fsp3) is 0.375. The van der Waals surface area contributed by atoms with Crippen molar-refractivity contribution in [2.24, 2.45) is 0 Å². The smallest absolute Gasteiger partial charge is 0.213 e. The number of likely N-dealkylation sites (N-methyl/N-ethyl adjacent to an activating group) is 1. The minimum absolute atomic E-state index is 0.742. The van der Waals surface area contributed by atoms with E-state index in [1.807, 2.05) is 6.92 Å². The molecular formula is C8H14N2O. The number of amides is 1. The molecule has 0 saturated carbocycles. The van der Waals surface area contributed by atoms with Gasteiger partial charge in [0.2, 0.25) is 6.41 Å². The zero-order valence-corrected chi connectivity index (χ0v) is 7.22. The van der Waals surface area contributed by atoms with Crippen molar-refractivity contribution in [2.75, 3.05) is 14.1 Å². The maximum absolute atomic E-state index is 10.2. The van der Waals surface area contributed by atoms with Crippen molar-refractivity contribution in [3.8, 4) is 0 Å². The molecule has 0 rings (SSSR count). The first-order valence-electron chi connectivity index (χ1n) is 3.34. The minimum atomic E-state index is 0.742. The number of carbonyl (C=O) groups excluding carboxylic acids is 1. The Labute approximate surface area is 67.4 Å². The molecule has 0 aliphatic carbocycles. The van der Waals surface area contributed by atoms with Crippen molar-refractivity contribution in [3.63, 3.8) is 0 Å². The van der Waals surface area contributed by atoms with Crippen LogP contribution in [0.15, 0.2) is 24.0 Å². The first kappa shape index (κ1) is 9.75. The van der Waals surface area contributed by atoms with E-state index >= 15 is 0 Å². The highest BCUT2D eigenvalue weighted by Gasteiger charge is 1.93. The van der Waals surface area contributed by atoms with Crippen molar-refractivity contribution in [3.05, 3.63) is 24.0 Å². The molecule has 0 spiro atoms. The van der Waals surface area contributed by atoms with Gasteiger partial charge in [0.25, 0.3) is 0 Å². The van der Waals surface area contributed by atoms with Crippen molar-refractivity contribution in [2.45, 2.75) is 6.92 Å². The second kappa shape index (κ2) is 4.55. The Morgan fingerprint density at radius 2 is 2.18 bits per heavy atom. The SMILES string of the molecule is C=C(NC)/C(C)=C\N(C)C=O. The number of nitrogens with one attached hydrogen (secondary N) is 1. The van der Waals surface area contributed by atoms with E-state index in [2.05, 4.69) is 11.9 Å². The van der Waals surface area contributed by atoms with Gasteiger partial charge in [-0.3, -0.25) is 4.79 Å². The molecule has 0 bridgehead atoms. The lowest BCUT2D eigenvalue weighted by atomic mass is 10.2. The quantitative estimate of drug-likeness (QED) is 0.478. The summed E-state index contributed by atoms with van der Waals surface area (Å²) in [6.07, 6.45) is 2.46. The van der Waals surface area contributed by atoms with Gasteiger partial charge in [-0.25, -0.2) is 0 Å². The van der Waals surface area contributed by atoms with Gasteiger partial charge in [0.15, 0.2) is 0 Å². The number of rotatable bonds is 4. The molecule has 0 atom stereocenters. The first-order chi connectivity index (χ1) is 5.11. The van der Waals surface area contributed by atoms with Crippen LogP contribution in [0.2, 0.25) is 0 Å². The highest BCUT2D eigenvalue weighted by Crippen LogP contribution is 2.01. The molecule has 0 aliphatic rings. The summed E-state index contributed by atoms with van der Waals surface area (Å²) in [6, 6.07) is 0. The standard InChI is InChI=1S/C8H14N2O/c1-7(8(2)9-3)5-10(4)6-11/h5-6,9H,2H2,1,3-4H3/b7-5-. The lowest BCUT2D eigenvalue weighted by Crippen LogP contribution is -2.11. The molecule has 1 amide bonds. The maximum Gasteiger partial charge on any atom is 0.213 e. The minimum Gasteiger partial charge on any atom is -0.388 e. The van der Waals surface area contributed by atoms with E-state index in [4.69, 9.17) is 0 Å². The maximum atomic E-state index is 10.2. The molecule has 0 aliphatic heterocycles. The summed E-state index contributed by atoms with van der Waals surface area (Å²) < 4.78 is 0. The predicted molar refractivity (Wildman–Crippen MR) is 45.8 cm³/mol. The fourth-order valence-corrected chi connectivity index (χ4v) is 0.611. The second-order valence-corrected chi connectivity index (χ2v) is 2.31. The molecule has 11 heavy (non-hydrogen) atoms. The van der Waals surface area contributed by atoms with E-state index in [9.17, 15) is 4.79 Å². The van der Waals surface area contributed by atoms with E-state index in [0.29, 0.717) is 0 Å². The Bertz CT molecular complexity index is 185. The monoisotopic (exact) mass is 154 g/mol. The van der Waals surface area contributed by atoms with Crippen LogP contribution in [0, 0.1) is 0 Å². The summed E-state index contributed by atoms with van der Waals surface area (Å²) in [6.45, 7) is 5.63. The van der Waals surface area contributed by atoms with Gasteiger partial charge in [0.05, 0.1) is 0 Å². The molecule has 0 saturated heterocycles. The van der Waals surface area contributed by atoms with Crippen molar-refractivity contribution >= 4 is 6.41 Å². The van der Waals surface area contributed by atoms with Crippen LogP contribution in [-0.4, -0.2) is 25.4 Å². The molecule has 3 heteroatoms. The zero-order valence-electron chi connectivity index (χ0n) is 7.22. The molecule has 0 aromatic heterocycles. The molecule has 1 N–H and O–H groups in total. The zero-order chi connectivity index (χ0) is 8.85. The number of nitrogens with zero attached hydrogens (tertiary/aromatic N) is 1. The highest BCUT2D eigenvalue weighted by atomic mass is 16.1. The van der Waals surface area contributed by atoms with E-state index in [1.165, 1.54) is 4.90 Å².